The Labute approximate surface area is 92.3 Å². The Morgan fingerprint density at radius 2 is 2.38 bits per heavy atom. The van der Waals surface area contributed by atoms with Crippen molar-refractivity contribution >= 4 is 6.03 Å². The summed E-state index contributed by atoms with van der Waals surface area (Å²) in [6.07, 6.45) is 3.74. The van der Waals surface area contributed by atoms with Crippen molar-refractivity contribution in [2.75, 3.05) is 0 Å². The summed E-state index contributed by atoms with van der Waals surface area (Å²) in [4.78, 5) is 16.7. The second kappa shape index (κ2) is 3.17. The molecular weight excluding hydrogens is 209 g/mol. The van der Waals surface area contributed by atoms with Crippen molar-refractivity contribution in [1.29, 1.82) is 0 Å². The number of amides is 2. The molecule has 1 aromatic rings. The van der Waals surface area contributed by atoms with Gasteiger partial charge in [-0.25, -0.2) is 9.78 Å². The van der Waals surface area contributed by atoms with Gasteiger partial charge in [0.25, 0.3) is 0 Å². The van der Waals surface area contributed by atoms with Crippen LogP contribution in [0.25, 0.3) is 0 Å². The highest BCUT2D eigenvalue weighted by atomic mass is 19.1. The quantitative estimate of drug-likeness (QED) is 0.672. The number of urea groups is 1. The van der Waals surface area contributed by atoms with E-state index in [1.165, 1.54) is 6.20 Å². The van der Waals surface area contributed by atoms with Gasteiger partial charge >= 0.3 is 6.03 Å². The average molecular weight is 221 g/mol. The first-order valence-corrected chi connectivity index (χ1v) is 5.39. The van der Waals surface area contributed by atoms with E-state index < -0.39 is 12.0 Å². The first-order valence-electron chi connectivity index (χ1n) is 5.39. The molecule has 2 bridgehead atoms. The van der Waals surface area contributed by atoms with Gasteiger partial charge in [-0.05, 0) is 30.9 Å². The molecule has 1 aromatic heterocycles. The predicted molar refractivity (Wildman–Crippen MR) is 55.1 cm³/mol. The van der Waals surface area contributed by atoms with Gasteiger partial charge in [-0.1, -0.05) is 0 Å². The zero-order valence-corrected chi connectivity index (χ0v) is 8.69. The zero-order valence-electron chi connectivity index (χ0n) is 8.69. The summed E-state index contributed by atoms with van der Waals surface area (Å²) in [5.41, 5.74) is 6.90. The minimum Gasteiger partial charge on any atom is -0.351 e. The van der Waals surface area contributed by atoms with Gasteiger partial charge in [0.05, 0.1) is 6.04 Å². The molecular formula is C11H12FN3O. The lowest BCUT2D eigenvalue weighted by Gasteiger charge is -2.34. The number of hydrogen-bond acceptors (Lipinski definition) is 2. The summed E-state index contributed by atoms with van der Waals surface area (Å²) in [5.74, 6) is -0.404. The van der Waals surface area contributed by atoms with Crippen molar-refractivity contribution in [2.24, 2.45) is 5.73 Å². The second-order valence-electron chi connectivity index (χ2n) is 4.37. The summed E-state index contributed by atoms with van der Waals surface area (Å²) in [6, 6.07) is 1.38. The molecule has 2 amide bonds. The third-order valence-corrected chi connectivity index (χ3v) is 3.60. The van der Waals surface area contributed by atoms with Crippen LogP contribution in [0, 0.1) is 5.95 Å². The van der Waals surface area contributed by atoms with Gasteiger partial charge < -0.3 is 10.6 Å². The highest BCUT2D eigenvalue weighted by molar-refractivity contribution is 5.74. The Morgan fingerprint density at radius 1 is 1.56 bits per heavy atom. The molecule has 3 heterocycles. The summed E-state index contributed by atoms with van der Waals surface area (Å²) in [7, 11) is 0. The molecule has 16 heavy (non-hydrogen) atoms. The van der Waals surface area contributed by atoms with Crippen LogP contribution < -0.4 is 5.73 Å². The first kappa shape index (κ1) is 9.57. The van der Waals surface area contributed by atoms with Crippen LogP contribution in [0.15, 0.2) is 12.3 Å². The van der Waals surface area contributed by atoms with Crippen LogP contribution >= 0.6 is 0 Å². The second-order valence-corrected chi connectivity index (χ2v) is 4.37. The largest absolute Gasteiger partial charge is 0.351 e. The van der Waals surface area contributed by atoms with E-state index in [0.29, 0.717) is 12.0 Å². The maximum atomic E-state index is 13.5. The van der Waals surface area contributed by atoms with E-state index in [1.807, 2.05) is 0 Å². The fraction of sp³-hybridized carbons (Fsp3) is 0.455. The molecule has 0 radical (unpaired) electrons. The van der Waals surface area contributed by atoms with E-state index >= 15 is 0 Å². The minimum absolute atomic E-state index is 0.0497. The Bertz CT molecular complexity index is 463. The van der Waals surface area contributed by atoms with Crippen molar-refractivity contribution < 1.29 is 9.18 Å². The molecule has 4 nitrogen and oxygen atoms in total. The van der Waals surface area contributed by atoms with Crippen molar-refractivity contribution in [3.63, 3.8) is 0 Å². The normalized spacial score (nSPS) is 26.7. The van der Waals surface area contributed by atoms with Crippen LogP contribution in [-0.4, -0.2) is 22.0 Å². The maximum absolute atomic E-state index is 13.5. The van der Waals surface area contributed by atoms with Crippen LogP contribution in [-0.2, 0) is 6.42 Å². The zero-order chi connectivity index (χ0) is 11.3. The van der Waals surface area contributed by atoms with Crippen molar-refractivity contribution in [2.45, 2.75) is 31.3 Å². The summed E-state index contributed by atoms with van der Waals surface area (Å²) in [6.45, 7) is 0. The summed E-state index contributed by atoms with van der Waals surface area (Å²) in [5, 5.41) is 0. The number of nitrogens with two attached hydrogens (primary N) is 1. The van der Waals surface area contributed by atoms with Gasteiger partial charge in [-0.15, -0.1) is 0 Å². The molecule has 3 rings (SSSR count). The Morgan fingerprint density at radius 3 is 3.12 bits per heavy atom. The van der Waals surface area contributed by atoms with Gasteiger partial charge in [0.1, 0.15) is 0 Å². The summed E-state index contributed by atoms with van der Waals surface area (Å²) >= 11 is 0. The molecule has 2 aliphatic rings. The molecule has 0 unspecified atom stereocenters. The van der Waals surface area contributed by atoms with Crippen LogP contribution in [0.5, 0.6) is 0 Å². The van der Waals surface area contributed by atoms with Crippen molar-refractivity contribution in [3.8, 4) is 0 Å². The molecule has 0 saturated carbocycles. The lowest BCUT2D eigenvalue weighted by Crippen LogP contribution is -2.45. The van der Waals surface area contributed by atoms with E-state index in [1.54, 1.807) is 11.0 Å². The van der Waals surface area contributed by atoms with E-state index in [2.05, 4.69) is 4.98 Å². The number of carbonyl (C=O) groups excluding carboxylic acids is 1. The number of pyridine rings is 1. The maximum Gasteiger partial charge on any atom is 0.315 e. The number of carbonyl (C=O) groups is 1. The number of aromatic nitrogens is 1. The molecule has 84 valence electrons. The molecule has 0 aliphatic carbocycles. The fourth-order valence-corrected chi connectivity index (χ4v) is 2.95. The number of primary amides is 1. The van der Waals surface area contributed by atoms with Gasteiger partial charge in [0.2, 0.25) is 5.95 Å². The van der Waals surface area contributed by atoms with Crippen molar-refractivity contribution in [1.82, 2.24) is 9.88 Å². The molecule has 0 aromatic carbocycles. The SMILES string of the molecule is NC(=O)N1[C@H]2CC[C@@H]1c1ccnc(F)c1C2. The number of nitrogens with zero attached hydrogens (tertiary/aromatic N) is 2. The molecule has 2 atom stereocenters. The van der Waals surface area contributed by atoms with E-state index in [4.69, 9.17) is 5.73 Å². The lowest BCUT2D eigenvalue weighted by molar-refractivity contribution is 0.174. The monoisotopic (exact) mass is 221 g/mol. The number of rotatable bonds is 0. The molecule has 0 spiro atoms. The molecule has 2 aliphatic heterocycles. The number of fused-ring (bicyclic) bond motifs is 4. The first-order chi connectivity index (χ1) is 7.68. The number of halogens is 1. The van der Waals surface area contributed by atoms with Crippen LogP contribution in [0.1, 0.15) is 30.0 Å². The summed E-state index contributed by atoms with van der Waals surface area (Å²) < 4.78 is 13.5. The van der Waals surface area contributed by atoms with Gasteiger partial charge in [-0.3, -0.25) is 0 Å². The Balaban J connectivity index is 2.11. The average Bonchev–Trinajstić information content (AvgIpc) is 2.57. The van der Waals surface area contributed by atoms with Crippen LogP contribution in [0.3, 0.4) is 0 Å². The van der Waals surface area contributed by atoms with Gasteiger partial charge in [0, 0.05) is 17.8 Å². The molecule has 5 heteroatoms. The highest BCUT2D eigenvalue weighted by Crippen LogP contribution is 2.43. The standard InChI is InChI=1S/C11H12FN3O/c12-10-8-5-6-1-2-9(15(6)11(13)16)7(8)3-4-14-10/h3-4,6,9H,1-2,5H2,(H2,13,16)/t6-,9+/m0/s1. The van der Waals surface area contributed by atoms with Crippen LogP contribution in [0.4, 0.5) is 9.18 Å². The molecule has 1 saturated heterocycles. The number of hydrogen-bond donors (Lipinski definition) is 1. The van der Waals surface area contributed by atoms with Gasteiger partial charge in [-0.2, -0.15) is 4.39 Å². The third kappa shape index (κ3) is 1.14. The topological polar surface area (TPSA) is 59.2 Å². The third-order valence-electron chi connectivity index (χ3n) is 3.60. The highest BCUT2D eigenvalue weighted by Gasteiger charge is 2.42. The minimum atomic E-state index is -0.407. The van der Waals surface area contributed by atoms with E-state index in [9.17, 15) is 9.18 Å². The van der Waals surface area contributed by atoms with Crippen molar-refractivity contribution in [3.05, 3.63) is 29.3 Å². The smallest absolute Gasteiger partial charge is 0.315 e. The predicted octanol–water partition coefficient (Wildman–Crippen LogP) is 1.36. The van der Waals surface area contributed by atoms with E-state index in [-0.39, 0.29) is 12.1 Å². The molecule has 1 fully saturated rings. The Hall–Kier alpha value is -1.65. The van der Waals surface area contributed by atoms with Crippen LogP contribution in [0.2, 0.25) is 0 Å². The fourth-order valence-electron chi connectivity index (χ4n) is 2.95. The Kier molecular flexibility index (Phi) is 1.89. The molecule has 2 N–H and O–H groups in total. The van der Waals surface area contributed by atoms with E-state index in [0.717, 1.165) is 18.4 Å². The van der Waals surface area contributed by atoms with Gasteiger partial charge in [0.15, 0.2) is 0 Å². The lowest BCUT2D eigenvalue weighted by atomic mass is 9.95.